The molecule has 5 nitrogen and oxygen atoms in total. The Morgan fingerprint density at radius 3 is 1.77 bits per heavy atom. The molecule has 0 aliphatic carbocycles. The van der Waals surface area contributed by atoms with E-state index in [2.05, 4.69) is 13.8 Å². The lowest BCUT2D eigenvalue weighted by atomic mass is 10.0. The largest absolute Gasteiger partial charge is 0.464 e. The van der Waals surface area contributed by atoms with Gasteiger partial charge in [-0.3, -0.25) is 4.90 Å². The van der Waals surface area contributed by atoms with Crippen LogP contribution in [-0.2, 0) is 14.3 Å². The summed E-state index contributed by atoms with van der Waals surface area (Å²) in [4.78, 5) is 26.0. The van der Waals surface area contributed by atoms with Gasteiger partial charge in [-0.1, -0.05) is 79.1 Å². The fourth-order valence-electron chi connectivity index (χ4n) is 2.92. The van der Waals surface area contributed by atoms with E-state index in [0.717, 1.165) is 38.5 Å². The van der Waals surface area contributed by atoms with E-state index in [1.54, 1.807) is 7.05 Å². The molecule has 0 bridgehead atoms. The molecular weight excluding hydrogens is 330 g/mol. The Labute approximate surface area is 160 Å². The number of amides is 1. The third-order valence-electron chi connectivity index (χ3n) is 4.54. The lowest BCUT2D eigenvalue weighted by Gasteiger charge is -2.28. The van der Waals surface area contributed by atoms with Gasteiger partial charge >= 0.3 is 12.1 Å². The van der Waals surface area contributed by atoms with Crippen LogP contribution in [0.4, 0.5) is 4.79 Å². The second kappa shape index (κ2) is 16.0. The van der Waals surface area contributed by atoms with Crippen LogP contribution in [0.3, 0.4) is 0 Å². The molecule has 0 heterocycles. The van der Waals surface area contributed by atoms with Gasteiger partial charge in [0.05, 0.1) is 13.2 Å². The highest BCUT2D eigenvalue weighted by atomic mass is 16.6. The Morgan fingerprint density at radius 1 is 0.769 bits per heavy atom. The Balaban J connectivity index is 4.20. The minimum Gasteiger partial charge on any atom is -0.464 e. The second-order valence-electron chi connectivity index (χ2n) is 7.41. The molecule has 0 aromatic rings. The molecule has 0 saturated heterocycles. The van der Waals surface area contributed by atoms with Crippen LogP contribution in [0.2, 0.25) is 0 Å². The molecule has 1 amide bonds. The number of carbonyl (C=O) groups excluding carboxylic acids is 2. The van der Waals surface area contributed by atoms with Crippen molar-refractivity contribution in [1.82, 2.24) is 4.90 Å². The van der Waals surface area contributed by atoms with Crippen LogP contribution in [0.1, 0.15) is 91.9 Å². The average molecular weight is 372 g/mol. The summed E-state index contributed by atoms with van der Waals surface area (Å²) in [5, 5.41) is 0. The topological polar surface area (TPSA) is 55.8 Å². The Bertz CT molecular complexity index is 371. The molecule has 1 unspecified atom stereocenters. The molecule has 1 atom stereocenters. The van der Waals surface area contributed by atoms with Gasteiger partial charge in [0.25, 0.3) is 0 Å². The first-order valence-corrected chi connectivity index (χ1v) is 10.5. The van der Waals surface area contributed by atoms with Crippen molar-refractivity contribution in [2.75, 3.05) is 20.3 Å². The van der Waals surface area contributed by atoms with Crippen LogP contribution in [-0.4, -0.2) is 43.3 Å². The molecule has 0 N–H and O–H groups in total. The molecule has 154 valence electrons. The quantitative estimate of drug-likeness (QED) is 0.279. The maximum atomic E-state index is 12.4. The van der Waals surface area contributed by atoms with Crippen LogP contribution >= 0.6 is 0 Å². The zero-order valence-electron chi connectivity index (χ0n) is 17.7. The molecule has 26 heavy (non-hydrogen) atoms. The van der Waals surface area contributed by atoms with Crippen molar-refractivity contribution >= 4 is 12.1 Å². The van der Waals surface area contributed by atoms with Crippen LogP contribution in [0, 0.1) is 5.92 Å². The third-order valence-corrected chi connectivity index (χ3v) is 4.54. The van der Waals surface area contributed by atoms with Gasteiger partial charge in [0, 0.05) is 7.05 Å². The normalized spacial score (nSPS) is 12.1. The maximum Gasteiger partial charge on any atom is 0.410 e. The molecule has 5 heteroatoms. The number of esters is 1. The first-order chi connectivity index (χ1) is 12.5. The van der Waals surface area contributed by atoms with Gasteiger partial charge in [-0.15, -0.1) is 0 Å². The van der Waals surface area contributed by atoms with E-state index in [0.29, 0.717) is 13.2 Å². The first kappa shape index (κ1) is 24.7. The summed E-state index contributed by atoms with van der Waals surface area (Å²) in [5.41, 5.74) is 0. The van der Waals surface area contributed by atoms with Gasteiger partial charge in [0.15, 0.2) is 0 Å². The second-order valence-corrected chi connectivity index (χ2v) is 7.41. The fraction of sp³-hybridized carbons (Fsp3) is 0.905. The van der Waals surface area contributed by atoms with Gasteiger partial charge < -0.3 is 9.47 Å². The van der Waals surface area contributed by atoms with Crippen molar-refractivity contribution in [2.24, 2.45) is 5.92 Å². The monoisotopic (exact) mass is 371 g/mol. The SMILES string of the molecule is CCCCCCCCOC(=O)N(C)C(C(=O)OCCCCCC)C(C)C. The number of unbranched alkanes of at least 4 members (excludes halogenated alkanes) is 8. The van der Waals surface area contributed by atoms with Crippen LogP contribution in [0.15, 0.2) is 0 Å². The predicted molar refractivity (Wildman–Crippen MR) is 106 cm³/mol. The first-order valence-electron chi connectivity index (χ1n) is 10.5. The predicted octanol–water partition coefficient (Wildman–Crippen LogP) is 5.56. The van der Waals surface area contributed by atoms with Crippen molar-refractivity contribution in [2.45, 2.75) is 97.9 Å². The summed E-state index contributed by atoms with van der Waals surface area (Å²) in [6.45, 7) is 9.00. The lowest BCUT2D eigenvalue weighted by molar-refractivity contribution is -0.150. The van der Waals surface area contributed by atoms with Crippen molar-refractivity contribution < 1.29 is 19.1 Å². The highest BCUT2D eigenvalue weighted by Crippen LogP contribution is 2.14. The molecule has 0 aliphatic rings. The van der Waals surface area contributed by atoms with Crippen molar-refractivity contribution in [3.63, 3.8) is 0 Å². The molecule has 0 rings (SSSR count). The smallest absolute Gasteiger partial charge is 0.410 e. The number of hydrogen-bond donors (Lipinski definition) is 0. The van der Waals surface area contributed by atoms with Gasteiger partial charge in [-0.2, -0.15) is 0 Å². The van der Waals surface area contributed by atoms with E-state index in [-0.39, 0.29) is 11.9 Å². The molecule has 0 spiro atoms. The summed E-state index contributed by atoms with van der Waals surface area (Å²) in [5.74, 6) is -0.361. The lowest BCUT2D eigenvalue weighted by Crippen LogP contribution is -2.46. The minimum atomic E-state index is -0.599. The number of carbonyl (C=O) groups is 2. The van der Waals surface area contributed by atoms with E-state index in [1.807, 2.05) is 13.8 Å². The Morgan fingerprint density at radius 2 is 1.23 bits per heavy atom. The summed E-state index contributed by atoms with van der Waals surface area (Å²) in [6.07, 6.45) is 10.6. The van der Waals surface area contributed by atoms with Gasteiger partial charge in [0.2, 0.25) is 0 Å². The molecule has 0 radical (unpaired) electrons. The Hall–Kier alpha value is -1.26. The molecule has 0 aromatic carbocycles. The highest BCUT2D eigenvalue weighted by molar-refractivity contribution is 5.81. The standard InChI is InChI=1S/C21H41NO4/c1-6-8-10-12-13-15-17-26-21(24)22(5)19(18(3)4)20(23)25-16-14-11-9-7-2/h18-19H,6-17H2,1-5H3. The number of nitrogens with zero attached hydrogens (tertiary/aromatic N) is 1. The van der Waals surface area contributed by atoms with Crippen molar-refractivity contribution in [3.05, 3.63) is 0 Å². The van der Waals surface area contributed by atoms with Crippen molar-refractivity contribution in [3.8, 4) is 0 Å². The van der Waals surface area contributed by atoms with Gasteiger partial charge in [0.1, 0.15) is 6.04 Å². The molecule has 0 aliphatic heterocycles. The van der Waals surface area contributed by atoms with E-state index < -0.39 is 12.1 Å². The molecule has 0 fully saturated rings. The summed E-state index contributed by atoms with van der Waals surface area (Å²) < 4.78 is 10.7. The third kappa shape index (κ3) is 11.4. The summed E-state index contributed by atoms with van der Waals surface area (Å²) in [7, 11) is 1.62. The average Bonchev–Trinajstić information content (AvgIpc) is 2.60. The van der Waals surface area contributed by atoms with E-state index >= 15 is 0 Å². The fourth-order valence-corrected chi connectivity index (χ4v) is 2.92. The number of rotatable bonds is 15. The summed E-state index contributed by atoms with van der Waals surface area (Å²) >= 11 is 0. The van der Waals surface area contributed by atoms with Crippen LogP contribution in [0.25, 0.3) is 0 Å². The molecular formula is C21H41NO4. The van der Waals surface area contributed by atoms with Crippen LogP contribution < -0.4 is 0 Å². The zero-order chi connectivity index (χ0) is 19.8. The van der Waals surface area contributed by atoms with E-state index in [9.17, 15) is 9.59 Å². The minimum absolute atomic E-state index is 0.0234. The highest BCUT2D eigenvalue weighted by Gasteiger charge is 2.32. The zero-order valence-corrected chi connectivity index (χ0v) is 17.7. The van der Waals surface area contributed by atoms with Gasteiger partial charge in [-0.05, 0) is 18.8 Å². The van der Waals surface area contributed by atoms with Crippen LogP contribution in [0.5, 0.6) is 0 Å². The van der Waals surface area contributed by atoms with Gasteiger partial charge in [-0.25, -0.2) is 9.59 Å². The Kier molecular flexibility index (Phi) is 15.2. The molecule has 0 saturated carbocycles. The number of hydrogen-bond acceptors (Lipinski definition) is 4. The van der Waals surface area contributed by atoms with E-state index in [4.69, 9.17) is 9.47 Å². The van der Waals surface area contributed by atoms with Crippen molar-refractivity contribution in [1.29, 1.82) is 0 Å². The van der Waals surface area contributed by atoms with E-state index in [1.165, 1.54) is 30.6 Å². The molecule has 0 aromatic heterocycles. The number of ether oxygens (including phenoxy) is 2. The number of likely N-dealkylation sites (N-methyl/N-ethyl adjacent to an activating group) is 1. The summed E-state index contributed by atoms with van der Waals surface area (Å²) in [6, 6.07) is -0.599. The maximum absolute atomic E-state index is 12.4.